The van der Waals surface area contributed by atoms with Crippen LogP contribution in [-0.4, -0.2) is 70.7 Å². The molecule has 0 aromatic heterocycles. The van der Waals surface area contributed by atoms with Gasteiger partial charge >= 0.3 is 0 Å². The number of halogens is 1. The second-order valence-corrected chi connectivity index (χ2v) is 12.8. The van der Waals surface area contributed by atoms with E-state index >= 15 is 0 Å². The Kier molecular flexibility index (Phi) is 11.0. The zero-order valence-electron chi connectivity index (χ0n) is 26.2. The summed E-state index contributed by atoms with van der Waals surface area (Å²) >= 11 is 6.05. The van der Waals surface area contributed by atoms with Crippen LogP contribution in [0.15, 0.2) is 66.7 Å². The first-order valence-electron chi connectivity index (χ1n) is 15.3. The van der Waals surface area contributed by atoms with Crippen molar-refractivity contribution in [3.05, 3.63) is 82.9 Å². The Morgan fingerprint density at radius 3 is 2.16 bits per heavy atom. The lowest BCUT2D eigenvalue weighted by Gasteiger charge is -2.45. The van der Waals surface area contributed by atoms with Gasteiger partial charge in [-0.1, -0.05) is 80.0 Å². The predicted octanol–water partition coefficient (Wildman–Crippen LogP) is 4.76. The maximum absolute atomic E-state index is 14.3. The first kappa shape index (κ1) is 33.0. The number of benzene rings is 3. The molecule has 1 heterocycles. The number of nitrogens with one attached hydrogen (secondary N) is 2. The van der Waals surface area contributed by atoms with Crippen molar-refractivity contribution in [3.8, 4) is 0 Å². The SMILES string of the molecule is CC(=O)NC(Cc1ccc(Cl)cc1)C(=O)N1CCN(C(Cc2ccc3ccccc3c2)C(=O)NC(C)C)C(=O)C1CC(C)C. The van der Waals surface area contributed by atoms with Gasteiger partial charge in [0.05, 0.1) is 0 Å². The predicted molar refractivity (Wildman–Crippen MR) is 174 cm³/mol. The zero-order chi connectivity index (χ0) is 32.0. The Labute approximate surface area is 265 Å². The van der Waals surface area contributed by atoms with E-state index in [1.165, 1.54) is 6.92 Å². The fourth-order valence-corrected chi connectivity index (χ4v) is 6.00. The van der Waals surface area contributed by atoms with Crippen LogP contribution in [0.1, 0.15) is 52.2 Å². The summed E-state index contributed by atoms with van der Waals surface area (Å²) in [5.74, 6) is -1.01. The number of hydrogen-bond acceptors (Lipinski definition) is 4. The van der Waals surface area contributed by atoms with Crippen LogP contribution in [0.4, 0.5) is 0 Å². The quantitative estimate of drug-likeness (QED) is 0.324. The molecular weight excluding hydrogens is 576 g/mol. The van der Waals surface area contributed by atoms with E-state index in [1.54, 1.807) is 21.9 Å². The van der Waals surface area contributed by atoms with Gasteiger partial charge in [-0.3, -0.25) is 19.2 Å². The number of amides is 4. The van der Waals surface area contributed by atoms with Crippen molar-refractivity contribution in [2.75, 3.05) is 13.1 Å². The fourth-order valence-electron chi connectivity index (χ4n) is 5.87. The van der Waals surface area contributed by atoms with Crippen LogP contribution in [-0.2, 0) is 32.0 Å². The third-order valence-corrected chi connectivity index (χ3v) is 8.14. The third kappa shape index (κ3) is 8.38. The molecule has 1 saturated heterocycles. The number of carbonyl (C=O) groups is 4. The average Bonchev–Trinajstić information content (AvgIpc) is 2.96. The summed E-state index contributed by atoms with van der Waals surface area (Å²) in [5.41, 5.74) is 1.79. The van der Waals surface area contributed by atoms with Crippen LogP contribution in [0.3, 0.4) is 0 Å². The molecule has 44 heavy (non-hydrogen) atoms. The highest BCUT2D eigenvalue weighted by Gasteiger charge is 2.43. The second-order valence-electron chi connectivity index (χ2n) is 12.4. The van der Waals surface area contributed by atoms with E-state index in [0.29, 0.717) is 17.9 Å². The van der Waals surface area contributed by atoms with Gasteiger partial charge < -0.3 is 20.4 Å². The van der Waals surface area contributed by atoms with Crippen molar-refractivity contribution >= 4 is 46.0 Å². The number of carbonyl (C=O) groups excluding carboxylic acids is 4. The van der Waals surface area contributed by atoms with Crippen molar-refractivity contribution < 1.29 is 19.2 Å². The molecule has 234 valence electrons. The first-order chi connectivity index (χ1) is 20.9. The minimum Gasteiger partial charge on any atom is -0.352 e. The van der Waals surface area contributed by atoms with Crippen LogP contribution in [0.2, 0.25) is 5.02 Å². The van der Waals surface area contributed by atoms with Gasteiger partial charge in [-0.25, -0.2) is 0 Å². The summed E-state index contributed by atoms with van der Waals surface area (Å²) < 4.78 is 0. The van der Waals surface area contributed by atoms with Gasteiger partial charge in [-0.15, -0.1) is 0 Å². The van der Waals surface area contributed by atoms with E-state index < -0.39 is 18.1 Å². The summed E-state index contributed by atoms with van der Waals surface area (Å²) in [6.07, 6.45) is 1.05. The molecule has 3 unspecified atom stereocenters. The van der Waals surface area contributed by atoms with Crippen molar-refractivity contribution in [2.24, 2.45) is 5.92 Å². The van der Waals surface area contributed by atoms with Crippen LogP contribution < -0.4 is 10.6 Å². The molecule has 1 aliphatic rings. The van der Waals surface area contributed by atoms with Crippen molar-refractivity contribution in [2.45, 2.75) is 78.0 Å². The van der Waals surface area contributed by atoms with E-state index in [4.69, 9.17) is 11.6 Å². The molecule has 1 fully saturated rings. The van der Waals surface area contributed by atoms with Gasteiger partial charge in [0.15, 0.2) is 0 Å². The van der Waals surface area contributed by atoms with Gasteiger partial charge in [-0.05, 0) is 60.2 Å². The lowest BCUT2D eigenvalue weighted by atomic mass is 9.94. The van der Waals surface area contributed by atoms with E-state index in [2.05, 4.69) is 16.7 Å². The fraction of sp³-hybridized carbons (Fsp3) is 0.429. The molecular formula is C35H43ClN4O4. The first-order valence-corrected chi connectivity index (χ1v) is 15.7. The van der Waals surface area contributed by atoms with Crippen LogP contribution in [0, 0.1) is 5.92 Å². The highest BCUT2D eigenvalue weighted by molar-refractivity contribution is 6.30. The Bertz CT molecular complexity index is 1490. The van der Waals surface area contributed by atoms with E-state index in [-0.39, 0.29) is 55.1 Å². The smallest absolute Gasteiger partial charge is 0.246 e. The number of rotatable bonds is 11. The molecule has 0 spiro atoms. The van der Waals surface area contributed by atoms with Crippen LogP contribution in [0.5, 0.6) is 0 Å². The number of nitrogens with zero attached hydrogens (tertiary/aromatic N) is 2. The maximum atomic E-state index is 14.3. The minimum absolute atomic E-state index is 0.0997. The number of hydrogen-bond donors (Lipinski definition) is 2. The van der Waals surface area contributed by atoms with Gasteiger partial charge in [0.1, 0.15) is 18.1 Å². The van der Waals surface area contributed by atoms with Crippen LogP contribution >= 0.6 is 11.6 Å². The molecule has 8 nitrogen and oxygen atoms in total. The number of fused-ring (bicyclic) bond motifs is 1. The molecule has 3 aromatic rings. The molecule has 0 saturated carbocycles. The van der Waals surface area contributed by atoms with Crippen molar-refractivity contribution in [1.82, 2.24) is 20.4 Å². The standard InChI is InChI=1S/C35H43ClN4O4/c1-22(2)18-32-35(44)39(16-17-40(32)34(43)30(38-24(5)41)20-25-11-14-29(36)15-12-25)31(33(42)37-23(3)4)21-26-10-13-27-8-6-7-9-28(27)19-26/h6-15,19,22-23,30-32H,16-18,20-21H2,1-5H3,(H,37,42)(H,38,41). The van der Waals surface area contributed by atoms with Crippen LogP contribution in [0.25, 0.3) is 10.8 Å². The lowest BCUT2D eigenvalue weighted by molar-refractivity contribution is -0.157. The average molecular weight is 619 g/mol. The Hall–Kier alpha value is -3.91. The van der Waals surface area contributed by atoms with Gasteiger partial charge in [0.25, 0.3) is 0 Å². The molecule has 0 radical (unpaired) electrons. The molecule has 3 atom stereocenters. The molecule has 4 rings (SSSR count). The van der Waals surface area contributed by atoms with Gasteiger partial charge in [0.2, 0.25) is 23.6 Å². The summed E-state index contributed by atoms with van der Waals surface area (Å²) in [6, 6.07) is 18.8. The van der Waals surface area contributed by atoms with E-state index in [9.17, 15) is 19.2 Å². The normalized spacial score (nSPS) is 16.7. The molecule has 9 heteroatoms. The topological polar surface area (TPSA) is 98.8 Å². The molecule has 2 N–H and O–H groups in total. The summed E-state index contributed by atoms with van der Waals surface area (Å²) in [4.78, 5) is 57.4. The highest BCUT2D eigenvalue weighted by Crippen LogP contribution is 2.25. The van der Waals surface area contributed by atoms with Gasteiger partial charge in [0, 0.05) is 43.9 Å². The van der Waals surface area contributed by atoms with Crippen molar-refractivity contribution in [1.29, 1.82) is 0 Å². The Balaban J connectivity index is 1.63. The molecule has 4 amide bonds. The van der Waals surface area contributed by atoms with E-state index in [0.717, 1.165) is 21.9 Å². The zero-order valence-corrected chi connectivity index (χ0v) is 26.9. The summed E-state index contributed by atoms with van der Waals surface area (Å²) in [5, 5.41) is 8.55. The summed E-state index contributed by atoms with van der Waals surface area (Å²) in [7, 11) is 0. The molecule has 1 aliphatic heterocycles. The molecule has 3 aromatic carbocycles. The molecule has 0 aliphatic carbocycles. The minimum atomic E-state index is -0.847. The Morgan fingerprint density at radius 2 is 1.52 bits per heavy atom. The lowest BCUT2D eigenvalue weighted by Crippen LogP contribution is -2.66. The second kappa shape index (κ2) is 14.7. The van der Waals surface area contributed by atoms with E-state index in [1.807, 2.05) is 76.2 Å². The van der Waals surface area contributed by atoms with Crippen molar-refractivity contribution in [3.63, 3.8) is 0 Å². The highest BCUT2D eigenvalue weighted by atomic mass is 35.5. The maximum Gasteiger partial charge on any atom is 0.246 e. The monoisotopic (exact) mass is 618 g/mol. The third-order valence-electron chi connectivity index (χ3n) is 7.89. The Morgan fingerprint density at radius 1 is 0.864 bits per heavy atom. The largest absolute Gasteiger partial charge is 0.352 e. The number of piperazine rings is 1. The van der Waals surface area contributed by atoms with Gasteiger partial charge in [-0.2, -0.15) is 0 Å². The molecule has 0 bridgehead atoms. The summed E-state index contributed by atoms with van der Waals surface area (Å²) in [6.45, 7) is 9.64.